The number of benzene rings is 1. The van der Waals surface area contributed by atoms with Crippen molar-refractivity contribution < 1.29 is 14.3 Å². The first-order chi connectivity index (χ1) is 10.1. The molecule has 1 aromatic carbocycles. The lowest BCUT2D eigenvalue weighted by Gasteiger charge is -2.03. The zero-order valence-electron chi connectivity index (χ0n) is 12.0. The van der Waals surface area contributed by atoms with Crippen molar-refractivity contribution in [3.8, 4) is 5.75 Å². The van der Waals surface area contributed by atoms with Crippen LogP contribution in [0.4, 0.5) is 0 Å². The smallest absolute Gasteiger partial charge is 0.329 e. The summed E-state index contributed by atoms with van der Waals surface area (Å²) < 4.78 is 5.02. The van der Waals surface area contributed by atoms with Crippen molar-refractivity contribution in [2.45, 2.75) is 19.8 Å². The van der Waals surface area contributed by atoms with Gasteiger partial charge >= 0.3 is 11.8 Å². The highest BCUT2D eigenvalue weighted by atomic mass is 35.5. The minimum Gasteiger partial charge on any atom is -0.495 e. The summed E-state index contributed by atoms with van der Waals surface area (Å²) in [4.78, 5) is 22.8. The molecule has 1 rings (SSSR count). The Morgan fingerprint density at radius 3 is 2.76 bits per heavy atom. The van der Waals surface area contributed by atoms with Gasteiger partial charge in [0.15, 0.2) is 0 Å². The van der Waals surface area contributed by atoms with Gasteiger partial charge < -0.3 is 10.1 Å². The summed E-state index contributed by atoms with van der Waals surface area (Å²) >= 11 is 5.95. The van der Waals surface area contributed by atoms with Crippen LogP contribution in [0, 0.1) is 0 Å². The Kier molecular flexibility index (Phi) is 7.25. The van der Waals surface area contributed by atoms with Gasteiger partial charge in [-0.1, -0.05) is 24.9 Å². The fourth-order valence-electron chi connectivity index (χ4n) is 1.44. The van der Waals surface area contributed by atoms with Crippen LogP contribution < -0.4 is 15.5 Å². The van der Waals surface area contributed by atoms with Gasteiger partial charge in [-0.15, -0.1) is 0 Å². The van der Waals surface area contributed by atoms with Gasteiger partial charge in [0.25, 0.3) is 0 Å². The van der Waals surface area contributed by atoms with Gasteiger partial charge in [0.1, 0.15) is 5.75 Å². The number of ether oxygens (including phenoxy) is 1. The zero-order valence-corrected chi connectivity index (χ0v) is 12.7. The molecule has 0 aromatic heterocycles. The highest BCUT2D eigenvalue weighted by Gasteiger charge is 2.10. The number of amides is 2. The van der Waals surface area contributed by atoms with Crippen molar-refractivity contribution in [1.29, 1.82) is 0 Å². The number of hydrogen-bond donors (Lipinski definition) is 2. The van der Waals surface area contributed by atoms with Gasteiger partial charge in [-0.3, -0.25) is 9.59 Å². The van der Waals surface area contributed by atoms with Crippen LogP contribution in [0.5, 0.6) is 5.75 Å². The number of nitrogens with one attached hydrogen (secondary N) is 2. The van der Waals surface area contributed by atoms with E-state index in [0.29, 0.717) is 22.9 Å². The number of carbonyl (C=O) groups excluding carboxylic acids is 2. The predicted molar refractivity (Wildman–Crippen MR) is 81.7 cm³/mol. The molecule has 0 unspecified atom stereocenters. The predicted octanol–water partition coefficient (Wildman–Crippen LogP) is 1.71. The van der Waals surface area contributed by atoms with E-state index in [2.05, 4.69) is 15.8 Å². The largest absolute Gasteiger partial charge is 0.495 e. The van der Waals surface area contributed by atoms with Gasteiger partial charge in [-0.2, -0.15) is 5.10 Å². The molecule has 0 atom stereocenters. The molecule has 0 aliphatic heterocycles. The Hall–Kier alpha value is -2.08. The number of rotatable bonds is 6. The molecule has 114 valence electrons. The van der Waals surface area contributed by atoms with E-state index in [4.69, 9.17) is 16.3 Å². The van der Waals surface area contributed by atoms with E-state index in [1.54, 1.807) is 18.2 Å². The third kappa shape index (κ3) is 5.83. The summed E-state index contributed by atoms with van der Waals surface area (Å²) in [6.45, 7) is 2.47. The normalized spacial score (nSPS) is 10.4. The van der Waals surface area contributed by atoms with Gasteiger partial charge in [0.05, 0.1) is 18.3 Å². The van der Waals surface area contributed by atoms with Crippen LogP contribution in [0.25, 0.3) is 0 Å². The third-order valence-corrected chi connectivity index (χ3v) is 2.87. The molecule has 21 heavy (non-hydrogen) atoms. The van der Waals surface area contributed by atoms with E-state index in [-0.39, 0.29) is 0 Å². The lowest BCUT2D eigenvalue weighted by molar-refractivity contribution is -0.139. The van der Waals surface area contributed by atoms with Crippen LogP contribution in [0.15, 0.2) is 23.3 Å². The summed E-state index contributed by atoms with van der Waals surface area (Å²) in [6, 6.07) is 5.04. The lowest BCUT2D eigenvalue weighted by atomic mass is 10.2. The van der Waals surface area contributed by atoms with Crippen molar-refractivity contribution in [1.82, 2.24) is 10.7 Å². The van der Waals surface area contributed by atoms with E-state index in [0.717, 1.165) is 12.8 Å². The first-order valence-electron chi connectivity index (χ1n) is 6.53. The minimum absolute atomic E-state index is 0.435. The Morgan fingerprint density at radius 1 is 1.38 bits per heavy atom. The first kappa shape index (κ1) is 17.0. The Balaban J connectivity index is 2.48. The monoisotopic (exact) mass is 311 g/mol. The van der Waals surface area contributed by atoms with Crippen LogP contribution in [0.2, 0.25) is 5.02 Å². The van der Waals surface area contributed by atoms with Crippen molar-refractivity contribution in [3.63, 3.8) is 0 Å². The molecule has 6 nitrogen and oxygen atoms in total. The summed E-state index contributed by atoms with van der Waals surface area (Å²) in [5.41, 5.74) is 2.82. The zero-order chi connectivity index (χ0) is 15.7. The van der Waals surface area contributed by atoms with Crippen LogP contribution in [0.1, 0.15) is 25.3 Å². The van der Waals surface area contributed by atoms with Crippen molar-refractivity contribution in [2.24, 2.45) is 5.10 Å². The molecular weight excluding hydrogens is 294 g/mol. The highest BCUT2D eigenvalue weighted by Crippen LogP contribution is 2.24. The van der Waals surface area contributed by atoms with Gasteiger partial charge in [-0.05, 0) is 30.2 Å². The van der Waals surface area contributed by atoms with E-state index < -0.39 is 11.8 Å². The standard InChI is InChI=1S/C14H18ClN3O3/c1-3-4-7-16-13(19)14(20)18-17-9-10-5-6-12(21-2)11(15)8-10/h5-6,8-9H,3-4,7H2,1-2H3,(H,16,19)(H,18,20)/b17-9-. The number of methoxy groups -OCH3 is 1. The molecule has 2 amide bonds. The molecule has 0 fully saturated rings. The number of hydrazone groups is 1. The molecule has 2 N–H and O–H groups in total. The topological polar surface area (TPSA) is 79.8 Å². The maximum absolute atomic E-state index is 11.4. The fraction of sp³-hybridized carbons (Fsp3) is 0.357. The fourth-order valence-corrected chi connectivity index (χ4v) is 1.70. The summed E-state index contributed by atoms with van der Waals surface area (Å²) in [5, 5.41) is 6.63. The number of hydrogen-bond acceptors (Lipinski definition) is 4. The average molecular weight is 312 g/mol. The molecule has 0 saturated carbocycles. The highest BCUT2D eigenvalue weighted by molar-refractivity contribution is 6.35. The lowest BCUT2D eigenvalue weighted by Crippen LogP contribution is -2.38. The molecule has 0 aliphatic rings. The number of nitrogens with zero attached hydrogens (tertiary/aromatic N) is 1. The maximum Gasteiger partial charge on any atom is 0.329 e. The van der Waals surface area contributed by atoms with Gasteiger partial charge in [0.2, 0.25) is 0 Å². The average Bonchev–Trinajstić information content (AvgIpc) is 2.47. The molecule has 0 bridgehead atoms. The van der Waals surface area contributed by atoms with Crippen LogP contribution in [-0.2, 0) is 9.59 Å². The quantitative estimate of drug-likeness (QED) is 0.363. The summed E-state index contributed by atoms with van der Waals surface area (Å²) in [6.07, 6.45) is 3.16. The van der Waals surface area contributed by atoms with Crippen LogP contribution >= 0.6 is 11.6 Å². The number of unbranched alkanes of at least 4 members (excludes halogenated alkanes) is 1. The minimum atomic E-state index is -0.804. The van der Waals surface area contributed by atoms with E-state index >= 15 is 0 Å². The third-order valence-electron chi connectivity index (χ3n) is 2.58. The number of halogens is 1. The van der Waals surface area contributed by atoms with Crippen molar-refractivity contribution in [2.75, 3.05) is 13.7 Å². The first-order valence-corrected chi connectivity index (χ1v) is 6.91. The number of carbonyl (C=O) groups is 2. The molecule has 0 heterocycles. The maximum atomic E-state index is 11.4. The Bertz CT molecular complexity index is 532. The van der Waals surface area contributed by atoms with Crippen molar-refractivity contribution in [3.05, 3.63) is 28.8 Å². The Morgan fingerprint density at radius 2 is 2.14 bits per heavy atom. The molecule has 0 radical (unpaired) electrons. The molecule has 7 heteroatoms. The molecule has 1 aromatic rings. The van der Waals surface area contributed by atoms with Crippen LogP contribution in [-0.4, -0.2) is 31.7 Å². The second-order valence-corrected chi connectivity index (χ2v) is 4.61. The summed E-state index contributed by atoms with van der Waals surface area (Å²) in [7, 11) is 1.52. The second-order valence-electron chi connectivity index (χ2n) is 4.20. The Labute approximate surface area is 128 Å². The van der Waals surface area contributed by atoms with E-state index in [1.165, 1.54) is 13.3 Å². The summed E-state index contributed by atoms with van der Waals surface area (Å²) in [5.74, 6) is -0.955. The van der Waals surface area contributed by atoms with Gasteiger partial charge in [-0.25, -0.2) is 5.43 Å². The van der Waals surface area contributed by atoms with E-state index in [9.17, 15) is 9.59 Å². The van der Waals surface area contributed by atoms with E-state index in [1.807, 2.05) is 6.92 Å². The second kappa shape index (κ2) is 8.97. The van der Waals surface area contributed by atoms with Crippen molar-refractivity contribution >= 4 is 29.6 Å². The van der Waals surface area contributed by atoms with Crippen LogP contribution in [0.3, 0.4) is 0 Å². The molecule has 0 spiro atoms. The molecular formula is C14H18ClN3O3. The molecule has 0 saturated heterocycles. The molecule has 0 aliphatic carbocycles. The van der Waals surface area contributed by atoms with Gasteiger partial charge in [0, 0.05) is 6.54 Å². The SMILES string of the molecule is CCCCNC(=O)C(=O)N/N=C\c1ccc(OC)c(Cl)c1.